The molecule has 10 heteroatoms. The molecule has 1 amide bonds. The quantitative estimate of drug-likeness (QED) is 0.745. The first kappa shape index (κ1) is 21.9. The molecule has 0 atom stereocenters. The van der Waals surface area contributed by atoms with E-state index in [-0.39, 0.29) is 16.2 Å². The second-order valence-corrected chi connectivity index (χ2v) is 9.38. The number of rotatable bonds is 5. The summed E-state index contributed by atoms with van der Waals surface area (Å²) in [6.07, 6.45) is 0. The van der Waals surface area contributed by atoms with E-state index in [1.165, 1.54) is 35.7 Å². The van der Waals surface area contributed by atoms with Crippen LogP contribution in [0.1, 0.15) is 10.4 Å². The maximum atomic E-state index is 13.2. The summed E-state index contributed by atoms with van der Waals surface area (Å²) < 4.78 is 33.0. The lowest BCUT2D eigenvalue weighted by Gasteiger charge is -2.31. The molecular formula is C19H21Cl2N3O4S. The minimum absolute atomic E-state index is 0.0358. The maximum Gasteiger partial charge on any atom is 0.255 e. The molecule has 3 rings (SSSR count). The summed E-state index contributed by atoms with van der Waals surface area (Å²) >= 11 is 11.9. The fraction of sp³-hybridized carbons (Fsp3) is 0.316. The molecule has 2 aromatic carbocycles. The second-order valence-electron chi connectivity index (χ2n) is 6.66. The Kier molecular flexibility index (Phi) is 6.70. The van der Waals surface area contributed by atoms with Crippen LogP contribution in [0.3, 0.4) is 0 Å². The van der Waals surface area contributed by atoms with Gasteiger partial charge in [0.25, 0.3) is 5.91 Å². The molecule has 0 saturated carbocycles. The molecule has 0 radical (unpaired) electrons. The third-order valence-corrected chi connectivity index (χ3v) is 7.34. The van der Waals surface area contributed by atoms with Crippen molar-refractivity contribution >= 4 is 44.8 Å². The van der Waals surface area contributed by atoms with Gasteiger partial charge in [0.1, 0.15) is 10.6 Å². The SMILES string of the molecule is COc1ccc(C(=O)Nc2ccc(Cl)c(Cl)c2)cc1S(=O)(=O)N1CCN(C)CC1. The van der Waals surface area contributed by atoms with E-state index < -0.39 is 15.9 Å². The molecule has 156 valence electrons. The van der Waals surface area contributed by atoms with E-state index >= 15 is 0 Å². The van der Waals surface area contributed by atoms with Gasteiger partial charge in [0.15, 0.2) is 0 Å². The Bertz CT molecular complexity index is 1020. The van der Waals surface area contributed by atoms with Crippen molar-refractivity contribution in [2.24, 2.45) is 0 Å². The van der Waals surface area contributed by atoms with Crippen molar-refractivity contribution in [3.63, 3.8) is 0 Å². The smallest absolute Gasteiger partial charge is 0.255 e. The summed E-state index contributed by atoms with van der Waals surface area (Å²) in [5.41, 5.74) is 0.633. The summed E-state index contributed by atoms with van der Waals surface area (Å²) in [7, 11) is -0.467. The molecule has 0 bridgehead atoms. The van der Waals surface area contributed by atoms with E-state index in [9.17, 15) is 13.2 Å². The number of likely N-dealkylation sites (N-methyl/N-ethyl adjacent to an activating group) is 1. The van der Waals surface area contributed by atoms with E-state index in [2.05, 4.69) is 10.2 Å². The van der Waals surface area contributed by atoms with Crippen molar-refractivity contribution in [3.05, 3.63) is 52.0 Å². The molecule has 1 heterocycles. The lowest BCUT2D eigenvalue weighted by atomic mass is 10.2. The molecule has 0 spiro atoms. The Labute approximate surface area is 180 Å². The minimum atomic E-state index is -3.81. The summed E-state index contributed by atoms with van der Waals surface area (Å²) in [6.45, 7) is 2.03. The predicted molar refractivity (Wildman–Crippen MR) is 114 cm³/mol. The first-order chi connectivity index (χ1) is 13.7. The van der Waals surface area contributed by atoms with Gasteiger partial charge in [-0.25, -0.2) is 8.42 Å². The van der Waals surface area contributed by atoms with Crippen LogP contribution in [0, 0.1) is 0 Å². The summed E-state index contributed by atoms with van der Waals surface area (Å²) in [4.78, 5) is 14.7. The number of nitrogens with one attached hydrogen (secondary N) is 1. The van der Waals surface area contributed by atoms with Gasteiger partial charge >= 0.3 is 0 Å². The number of sulfonamides is 1. The molecule has 0 unspecified atom stereocenters. The van der Waals surface area contributed by atoms with Crippen molar-refractivity contribution in [2.75, 3.05) is 45.7 Å². The summed E-state index contributed by atoms with van der Waals surface area (Å²) in [5.74, 6) is -0.282. The highest BCUT2D eigenvalue weighted by Crippen LogP contribution is 2.29. The molecule has 1 saturated heterocycles. The van der Waals surface area contributed by atoms with Gasteiger partial charge in [0.2, 0.25) is 10.0 Å². The normalized spacial score (nSPS) is 15.9. The van der Waals surface area contributed by atoms with Crippen molar-refractivity contribution in [3.8, 4) is 5.75 Å². The minimum Gasteiger partial charge on any atom is -0.495 e. The molecule has 7 nitrogen and oxygen atoms in total. The van der Waals surface area contributed by atoms with Crippen LogP contribution in [0.25, 0.3) is 0 Å². The number of ether oxygens (including phenoxy) is 1. The van der Waals surface area contributed by atoms with Crippen molar-refractivity contribution in [1.29, 1.82) is 0 Å². The highest BCUT2D eigenvalue weighted by molar-refractivity contribution is 7.89. The average molecular weight is 458 g/mol. The third-order valence-electron chi connectivity index (χ3n) is 4.68. The molecule has 29 heavy (non-hydrogen) atoms. The maximum absolute atomic E-state index is 13.2. The fourth-order valence-electron chi connectivity index (χ4n) is 2.96. The number of hydrogen-bond donors (Lipinski definition) is 1. The zero-order chi connectivity index (χ0) is 21.2. The van der Waals surface area contributed by atoms with Gasteiger partial charge < -0.3 is 15.0 Å². The standard InChI is InChI=1S/C19H21Cl2N3O4S/c1-23-7-9-24(10-8-23)29(26,27)18-11-13(3-6-17(18)28-2)19(25)22-14-4-5-15(20)16(21)12-14/h3-6,11-12H,7-10H2,1-2H3,(H,22,25). The number of nitrogens with zero attached hydrogens (tertiary/aromatic N) is 2. The van der Waals surface area contributed by atoms with E-state index in [1.807, 2.05) is 7.05 Å². The molecule has 1 fully saturated rings. The number of amides is 1. The Balaban J connectivity index is 1.90. The predicted octanol–water partition coefficient (Wildman–Crippen LogP) is 3.19. The number of benzene rings is 2. The summed E-state index contributed by atoms with van der Waals surface area (Å²) in [6, 6.07) is 9.02. The van der Waals surface area contributed by atoms with Gasteiger partial charge in [0.05, 0.1) is 17.2 Å². The van der Waals surface area contributed by atoms with Gasteiger partial charge in [0, 0.05) is 37.4 Å². The first-order valence-corrected chi connectivity index (χ1v) is 11.0. The van der Waals surface area contributed by atoms with Crippen LogP contribution in [0.15, 0.2) is 41.3 Å². The van der Waals surface area contributed by atoms with Crippen LogP contribution in [-0.4, -0.2) is 63.9 Å². The van der Waals surface area contributed by atoms with Crippen LogP contribution in [0.4, 0.5) is 5.69 Å². The highest BCUT2D eigenvalue weighted by atomic mass is 35.5. The van der Waals surface area contributed by atoms with Gasteiger partial charge in [-0.2, -0.15) is 4.31 Å². The third kappa shape index (κ3) is 4.84. The Hall–Kier alpha value is -1.84. The number of halogens is 2. The highest BCUT2D eigenvalue weighted by Gasteiger charge is 2.30. The Morgan fingerprint density at radius 1 is 1.03 bits per heavy atom. The van der Waals surface area contributed by atoms with Gasteiger partial charge in [-0.05, 0) is 43.4 Å². The molecule has 1 aliphatic rings. The van der Waals surface area contributed by atoms with Crippen LogP contribution < -0.4 is 10.1 Å². The Morgan fingerprint density at radius 2 is 1.72 bits per heavy atom. The first-order valence-electron chi connectivity index (χ1n) is 8.85. The van der Waals surface area contributed by atoms with E-state index in [0.717, 1.165) is 0 Å². The average Bonchev–Trinajstić information content (AvgIpc) is 2.70. The molecule has 1 aliphatic heterocycles. The van der Waals surface area contributed by atoms with E-state index in [4.69, 9.17) is 27.9 Å². The zero-order valence-corrected chi connectivity index (χ0v) is 18.3. The van der Waals surface area contributed by atoms with Crippen molar-refractivity contribution in [1.82, 2.24) is 9.21 Å². The van der Waals surface area contributed by atoms with Crippen molar-refractivity contribution in [2.45, 2.75) is 4.90 Å². The second kappa shape index (κ2) is 8.89. The molecule has 1 N–H and O–H groups in total. The number of carbonyl (C=O) groups excluding carboxylic acids is 1. The largest absolute Gasteiger partial charge is 0.495 e. The van der Waals surface area contributed by atoms with E-state index in [1.54, 1.807) is 12.1 Å². The zero-order valence-electron chi connectivity index (χ0n) is 16.0. The lowest BCUT2D eigenvalue weighted by Crippen LogP contribution is -2.47. The van der Waals surface area contributed by atoms with Gasteiger partial charge in [-0.1, -0.05) is 23.2 Å². The topological polar surface area (TPSA) is 78.9 Å². The van der Waals surface area contributed by atoms with Crippen LogP contribution >= 0.6 is 23.2 Å². The van der Waals surface area contributed by atoms with E-state index in [0.29, 0.717) is 41.9 Å². The molecule has 0 aromatic heterocycles. The Morgan fingerprint density at radius 3 is 2.34 bits per heavy atom. The van der Waals surface area contributed by atoms with Gasteiger partial charge in [-0.15, -0.1) is 0 Å². The monoisotopic (exact) mass is 457 g/mol. The number of methoxy groups -OCH3 is 1. The number of piperazine rings is 1. The van der Waals surface area contributed by atoms with Crippen LogP contribution in [0.2, 0.25) is 10.0 Å². The van der Waals surface area contributed by atoms with Crippen molar-refractivity contribution < 1.29 is 17.9 Å². The number of anilines is 1. The molecular weight excluding hydrogens is 437 g/mol. The van der Waals surface area contributed by atoms with Gasteiger partial charge in [-0.3, -0.25) is 4.79 Å². The van der Waals surface area contributed by atoms with Crippen LogP contribution in [-0.2, 0) is 10.0 Å². The summed E-state index contributed by atoms with van der Waals surface area (Å²) in [5, 5.41) is 3.36. The lowest BCUT2D eigenvalue weighted by molar-refractivity contribution is 0.102. The molecule has 2 aromatic rings. The molecule has 0 aliphatic carbocycles. The van der Waals surface area contributed by atoms with Crippen LogP contribution in [0.5, 0.6) is 5.75 Å². The number of carbonyl (C=O) groups is 1. The number of hydrogen-bond acceptors (Lipinski definition) is 5. The fourth-order valence-corrected chi connectivity index (χ4v) is 4.87.